The Balaban J connectivity index is 2.17. The van der Waals surface area contributed by atoms with Crippen LogP contribution in [0, 0.1) is 0 Å². The lowest BCUT2D eigenvalue weighted by atomic mass is 10.0. The van der Waals surface area contributed by atoms with Crippen LogP contribution in [0.15, 0.2) is 11.4 Å². The topological polar surface area (TPSA) is 26.7 Å². The first-order valence-electron chi connectivity index (χ1n) is 5.04. The van der Waals surface area contributed by atoms with Crippen LogP contribution >= 0.6 is 0 Å². The maximum absolute atomic E-state index is 8.94. The standard InChI is InChI=1S/C10H18N2O/c1-8-9(2)12-5-4-11(8)7-10(12)3-6-13/h10,13H,3-7H2,1-2H3. The fraction of sp³-hybridized carbons (Fsp3) is 0.800. The third-order valence-electron chi connectivity index (χ3n) is 3.37. The highest BCUT2D eigenvalue weighted by molar-refractivity contribution is 5.17. The molecule has 0 amide bonds. The highest BCUT2D eigenvalue weighted by Gasteiger charge is 2.32. The van der Waals surface area contributed by atoms with Crippen molar-refractivity contribution in [1.29, 1.82) is 0 Å². The van der Waals surface area contributed by atoms with E-state index in [0.29, 0.717) is 12.6 Å². The van der Waals surface area contributed by atoms with E-state index in [1.165, 1.54) is 11.4 Å². The van der Waals surface area contributed by atoms with Gasteiger partial charge in [0, 0.05) is 43.7 Å². The SMILES string of the molecule is CC1=C(C)N2CCN1CC2CCO. The summed E-state index contributed by atoms with van der Waals surface area (Å²) in [5, 5.41) is 8.94. The molecule has 74 valence electrons. The molecule has 2 bridgehead atoms. The zero-order valence-corrected chi connectivity index (χ0v) is 8.45. The van der Waals surface area contributed by atoms with Crippen molar-refractivity contribution in [2.24, 2.45) is 0 Å². The Morgan fingerprint density at radius 3 is 2.69 bits per heavy atom. The second-order valence-corrected chi connectivity index (χ2v) is 3.98. The maximum Gasteiger partial charge on any atom is 0.0485 e. The van der Waals surface area contributed by atoms with Crippen molar-refractivity contribution >= 4 is 0 Å². The number of aliphatic hydroxyl groups excluding tert-OH is 1. The Hall–Kier alpha value is -0.700. The van der Waals surface area contributed by atoms with E-state index < -0.39 is 0 Å². The van der Waals surface area contributed by atoms with Crippen LogP contribution in [0.2, 0.25) is 0 Å². The van der Waals surface area contributed by atoms with Gasteiger partial charge in [-0.05, 0) is 20.3 Å². The molecule has 3 nitrogen and oxygen atoms in total. The highest BCUT2D eigenvalue weighted by atomic mass is 16.3. The van der Waals surface area contributed by atoms with Gasteiger partial charge in [-0.1, -0.05) is 0 Å². The Morgan fingerprint density at radius 2 is 2.08 bits per heavy atom. The molecular formula is C10H18N2O. The van der Waals surface area contributed by atoms with Crippen LogP contribution in [0.25, 0.3) is 0 Å². The predicted molar refractivity (Wildman–Crippen MR) is 52.1 cm³/mol. The molecule has 3 aliphatic rings. The van der Waals surface area contributed by atoms with Crippen molar-refractivity contribution in [2.75, 3.05) is 26.2 Å². The first-order valence-corrected chi connectivity index (χ1v) is 5.04. The normalized spacial score (nSPS) is 27.5. The number of hydrogen-bond acceptors (Lipinski definition) is 3. The third-order valence-corrected chi connectivity index (χ3v) is 3.37. The second-order valence-electron chi connectivity index (χ2n) is 3.98. The molecule has 1 saturated heterocycles. The largest absolute Gasteiger partial charge is 0.396 e. The van der Waals surface area contributed by atoms with Crippen molar-refractivity contribution in [3.63, 3.8) is 0 Å². The van der Waals surface area contributed by atoms with Gasteiger partial charge in [0.1, 0.15) is 0 Å². The molecule has 13 heavy (non-hydrogen) atoms. The summed E-state index contributed by atoms with van der Waals surface area (Å²) in [6.45, 7) is 8.08. The lowest BCUT2D eigenvalue weighted by molar-refractivity contribution is 0.0708. The van der Waals surface area contributed by atoms with Crippen molar-refractivity contribution in [1.82, 2.24) is 9.80 Å². The fourth-order valence-electron chi connectivity index (χ4n) is 2.43. The lowest BCUT2D eigenvalue weighted by Crippen LogP contribution is -2.56. The van der Waals surface area contributed by atoms with E-state index >= 15 is 0 Å². The Morgan fingerprint density at radius 1 is 1.31 bits per heavy atom. The molecule has 0 spiro atoms. The van der Waals surface area contributed by atoms with E-state index in [2.05, 4.69) is 23.6 Å². The smallest absolute Gasteiger partial charge is 0.0485 e. The molecule has 1 fully saturated rings. The summed E-state index contributed by atoms with van der Waals surface area (Å²) in [5.41, 5.74) is 2.82. The van der Waals surface area contributed by atoms with Crippen LogP contribution in [0.3, 0.4) is 0 Å². The molecule has 1 atom stereocenters. The summed E-state index contributed by atoms with van der Waals surface area (Å²) >= 11 is 0. The zero-order chi connectivity index (χ0) is 9.42. The quantitative estimate of drug-likeness (QED) is 0.678. The van der Waals surface area contributed by atoms with Crippen LogP contribution in [-0.2, 0) is 0 Å². The first kappa shape index (κ1) is 8.88. The molecule has 0 aliphatic carbocycles. The van der Waals surface area contributed by atoms with Gasteiger partial charge in [0.05, 0.1) is 0 Å². The number of nitrogens with zero attached hydrogens (tertiary/aromatic N) is 2. The lowest BCUT2D eigenvalue weighted by Gasteiger charge is -2.50. The van der Waals surface area contributed by atoms with Crippen molar-refractivity contribution < 1.29 is 5.11 Å². The summed E-state index contributed by atoms with van der Waals surface area (Å²) in [4.78, 5) is 4.89. The first-order chi connectivity index (χ1) is 6.24. The minimum atomic E-state index is 0.307. The van der Waals surface area contributed by atoms with E-state index in [9.17, 15) is 0 Å². The van der Waals surface area contributed by atoms with Crippen LogP contribution < -0.4 is 0 Å². The van der Waals surface area contributed by atoms with E-state index in [1.807, 2.05) is 0 Å². The average Bonchev–Trinajstić information content (AvgIpc) is 2.14. The Labute approximate surface area is 79.6 Å². The number of hydrogen-bond donors (Lipinski definition) is 1. The van der Waals surface area contributed by atoms with E-state index in [4.69, 9.17) is 5.11 Å². The highest BCUT2D eigenvalue weighted by Crippen LogP contribution is 2.29. The van der Waals surface area contributed by atoms with Crippen LogP contribution in [0.4, 0.5) is 0 Å². The molecule has 0 saturated carbocycles. The van der Waals surface area contributed by atoms with Crippen molar-refractivity contribution in [3.05, 3.63) is 11.4 Å². The number of rotatable bonds is 2. The molecule has 3 aliphatic heterocycles. The predicted octanol–water partition coefficient (Wildman–Crippen LogP) is 0.620. The van der Waals surface area contributed by atoms with Crippen LogP contribution in [0.1, 0.15) is 20.3 Å². The fourth-order valence-corrected chi connectivity index (χ4v) is 2.43. The molecule has 3 rings (SSSR count). The summed E-state index contributed by atoms with van der Waals surface area (Å²) in [7, 11) is 0. The minimum absolute atomic E-state index is 0.307. The number of aliphatic hydroxyl groups is 1. The number of piperazine rings is 1. The van der Waals surface area contributed by atoms with Crippen LogP contribution in [-0.4, -0.2) is 47.2 Å². The van der Waals surface area contributed by atoms with Gasteiger partial charge in [-0.15, -0.1) is 0 Å². The molecule has 3 heteroatoms. The Kier molecular flexibility index (Phi) is 2.20. The molecular weight excluding hydrogens is 164 g/mol. The van der Waals surface area contributed by atoms with Gasteiger partial charge in [-0.2, -0.15) is 0 Å². The second kappa shape index (κ2) is 3.22. The van der Waals surface area contributed by atoms with Crippen LogP contribution in [0.5, 0.6) is 0 Å². The van der Waals surface area contributed by atoms with Gasteiger partial charge >= 0.3 is 0 Å². The third kappa shape index (κ3) is 1.31. The monoisotopic (exact) mass is 182 g/mol. The molecule has 0 aromatic rings. The maximum atomic E-state index is 8.94. The number of fused-ring (bicyclic) bond motifs is 2. The van der Waals surface area contributed by atoms with Gasteiger partial charge in [-0.3, -0.25) is 0 Å². The minimum Gasteiger partial charge on any atom is -0.396 e. The molecule has 0 aromatic heterocycles. The zero-order valence-electron chi connectivity index (χ0n) is 8.45. The average molecular weight is 182 g/mol. The van der Waals surface area contributed by atoms with Gasteiger partial charge in [0.15, 0.2) is 0 Å². The van der Waals surface area contributed by atoms with Gasteiger partial charge < -0.3 is 14.9 Å². The van der Waals surface area contributed by atoms with Gasteiger partial charge in [0.25, 0.3) is 0 Å². The molecule has 0 aromatic carbocycles. The summed E-state index contributed by atoms with van der Waals surface area (Å²) in [5.74, 6) is 0. The van der Waals surface area contributed by atoms with E-state index in [1.54, 1.807) is 0 Å². The molecule has 1 unspecified atom stereocenters. The van der Waals surface area contributed by atoms with E-state index in [0.717, 1.165) is 26.1 Å². The summed E-state index contributed by atoms with van der Waals surface area (Å²) in [6.07, 6.45) is 0.904. The molecule has 3 heterocycles. The van der Waals surface area contributed by atoms with Gasteiger partial charge in [0.2, 0.25) is 0 Å². The number of allylic oxidation sites excluding steroid dienone is 2. The van der Waals surface area contributed by atoms with Crippen molar-refractivity contribution in [2.45, 2.75) is 26.3 Å². The van der Waals surface area contributed by atoms with Crippen molar-refractivity contribution in [3.8, 4) is 0 Å². The van der Waals surface area contributed by atoms with E-state index in [-0.39, 0.29) is 0 Å². The molecule has 1 N–H and O–H groups in total. The molecule has 0 radical (unpaired) electrons. The summed E-state index contributed by atoms with van der Waals surface area (Å²) in [6, 6.07) is 0.544. The van der Waals surface area contributed by atoms with Gasteiger partial charge in [-0.25, -0.2) is 0 Å². The summed E-state index contributed by atoms with van der Waals surface area (Å²) < 4.78 is 0. The Bertz CT molecular complexity index is 237.